The van der Waals surface area contributed by atoms with E-state index in [0.29, 0.717) is 0 Å². The predicted octanol–water partition coefficient (Wildman–Crippen LogP) is 3.83. The van der Waals surface area contributed by atoms with E-state index in [4.69, 9.17) is 44.2 Å². The van der Waals surface area contributed by atoms with E-state index in [1.54, 1.807) is 0 Å². The summed E-state index contributed by atoms with van der Waals surface area (Å²) in [6.07, 6.45) is 0. The molecule has 2 N–H and O–H groups in total. The minimum Gasteiger partial charge on any atom is -0.373 e. The summed E-state index contributed by atoms with van der Waals surface area (Å²) < 4.78 is 0. The molecular formula is C6H16N13-3. The SMILES string of the molecule is CC(C)[NH2+]C(C)C.[N-]=[N+]=[N-].[N-]=[N+]=[N-].[N-]=[N+]=[N-].[N-]=[N+]=[N-]. The van der Waals surface area contributed by atoms with E-state index in [9.17, 15) is 0 Å². The van der Waals surface area contributed by atoms with Gasteiger partial charge in [-0.25, -0.2) is 0 Å². The van der Waals surface area contributed by atoms with Gasteiger partial charge >= 0.3 is 0 Å². The molecule has 0 aromatic rings. The molecule has 108 valence electrons. The van der Waals surface area contributed by atoms with Gasteiger partial charge in [-0.15, -0.1) is 0 Å². The van der Waals surface area contributed by atoms with Crippen LogP contribution in [0, 0.1) is 0 Å². The van der Waals surface area contributed by atoms with Gasteiger partial charge in [0.25, 0.3) is 0 Å². The second-order valence-electron chi connectivity index (χ2n) is 3.04. The van der Waals surface area contributed by atoms with Gasteiger partial charge in [0.05, 0.1) is 12.1 Å². The Morgan fingerprint density at radius 2 is 0.632 bits per heavy atom. The van der Waals surface area contributed by atoms with Crippen molar-refractivity contribution in [3.63, 3.8) is 0 Å². The first-order valence-corrected chi connectivity index (χ1v) is 4.58. The smallest absolute Gasteiger partial charge is 0.0803 e. The Balaban J connectivity index is -0.0000000467. The molecule has 13 nitrogen and oxygen atoms in total. The van der Waals surface area contributed by atoms with Crippen molar-refractivity contribution in [1.82, 2.24) is 0 Å². The molecule has 0 atom stereocenters. The monoisotopic (exact) mass is 270 g/mol. The van der Waals surface area contributed by atoms with Gasteiger partial charge < -0.3 is 49.6 Å². The average molecular weight is 270 g/mol. The van der Waals surface area contributed by atoms with Crippen molar-refractivity contribution >= 4 is 0 Å². The molecule has 0 unspecified atom stereocenters. The molecule has 0 bridgehead atoms. The van der Waals surface area contributed by atoms with Crippen LogP contribution in [0.15, 0.2) is 0 Å². The van der Waals surface area contributed by atoms with Gasteiger partial charge in [0, 0.05) is 0 Å². The summed E-state index contributed by atoms with van der Waals surface area (Å²) in [4.78, 5) is 6.00. The van der Waals surface area contributed by atoms with Crippen LogP contribution >= 0.6 is 0 Å². The van der Waals surface area contributed by atoms with Crippen LogP contribution in [0.5, 0.6) is 0 Å². The number of hydrogen-bond acceptors (Lipinski definition) is 0. The number of quaternary nitrogens is 1. The highest BCUT2D eigenvalue weighted by Crippen LogP contribution is 1.67. The van der Waals surface area contributed by atoms with E-state index in [0.717, 1.165) is 12.1 Å². The van der Waals surface area contributed by atoms with Crippen molar-refractivity contribution < 1.29 is 5.32 Å². The normalized spacial score (nSPS) is 5.79. The Labute approximate surface area is 110 Å². The highest BCUT2D eigenvalue weighted by atomic mass is 15.0. The zero-order chi connectivity index (χ0) is 16.7. The third-order valence-corrected chi connectivity index (χ3v) is 0.770. The fraction of sp³-hybridized carbons (Fsp3) is 1.00. The molecule has 0 aromatic heterocycles. The lowest BCUT2D eigenvalue weighted by Gasteiger charge is -2.06. The van der Waals surface area contributed by atoms with E-state index in [1.165, 1.54) is 19.6 Å². The van der Waals surface area contributed by atoms with Crippen LogP contribution in [0.1, 0.15) is 27.7 Å². The first-order valence-electron chi connectivity index (χ1n) is 4.58. The summed E-state index contributed by atoms with van der Waals surface area (Å²) in [5, 5.41) is 2.33. The predicted molar refractivity (Wildman–Crippen MR) is 72.5 cm³/mol. The molecule has 0 aliphatic rings. The molecule has 0 aliphatic heterocycles. The molecule has 0 saturated heterocycles. The number of nitrogens with zero attached hydrogens (tertiary/aromatic N) is 12. The molecule has 0 spiro atoms. The first-order chi connectivity index (χ1) is 8.78. The molecule has 0 fully saturated rings. The molecular weight excluding hydrogens is 254 g/mol. The molecule has 0 heterocycles. The Morgan fingerprint density at radius 1 is 0.526 bits per heavy atom. The minimum absolute atomic E-state index is 0.750. The van der Waals surface area contributed by atoms with Gasteiger partial charge in [0.15, 0.2) is 0 Å². The molecule has 0 radical (unpaired) electrons. The highest BCUT2D eigenvalue weighted by molar-refractivity contribution is 4.37. The average Bonchev–Trinajstić information content (AvgIpc) is 2.19. The summed E-state index contributed by atoms with van der Waals surface area (Å²) in [6, 6.07) is 1.50. The van der Waals surface area contributed by atoms with Gasteiger partial charge in [-0.05, 0) is 27.7 Å². The van der Waals surface area contributed by atoms with Crippen LogP contribution in [0.2, 0.25) is 0 Å². The van der Waals surface area contributed by atoms with Crippen LogP contribution < -0.4 is 5.32 Å². The summed E-state index contributed by atoms with van der Waals surface area (Å²) in [5.41, 5.74) is 54.0. The van der Waals surface area contributed by atoms with Gasteiger partial charge in [0.2, 0.25) is 0 Å². The largest absolute Gasteiger partial charge is 0.373 e. The Hall–Kier alpha value is -2.80. The van der Waals surface area contributed by atoms with E-state index in [-0.39, 0.29) is 0 Å². The van der Waals surface area contributed by atoms with E-state index in [1.807, 2.05) is 0 Å². The maximum Gasteiger partial charge on any atom is 0.0803 e. The third-order valence-electron chi connectivity index (χ3n) is 0.770. The van der Waals surface area contributed by atoms with Gasteiger partial charge in [-0.1, -0.05) is 0 Å². The second kappa shape index (κ2) is 45.6. The lowest BCUT2D eigenvalue weighted by atomic mass is 10.3. The van der Waals surface area contributed by atoms with Crippen molar-refractivity contribution in [2.75, 3.05) is 0 Å². The lowest BCUT2D eigenvalue weighted by Crippen LogP contribution is -2.92. The fourth-order valence-corrected chi connectivity index (χ4v) is 0.770. The van der Waals surface area contributed by atoms with Crippen LogP contribution in [0.4, 0.5) is 0 Å². The zero-order valence-corrected chi connectivity index (χ0v) is 11.1. The molecule has 0 saturated carbocycles. The third kappa shape index (κ3) is 1840. The Kier molecular flexibility index (Phi) is 71.6. The quantitative estimate of drug-likeness (QED) is 0.426. The van der Waals surface area contributed by atoms with E-state index in [2.05, 4.69) is 33.0 Å². The first kappa shape index (κ1) is 29.8. The topological polar surface area (TPSA) is 251 Å². The van der Waals surface area contributed by atoms with Crippen LogP contribution in [-0.4, -0.2) is 12.1 Å². The molecule has 19 heavy (non-hydrogen) atoms. The van der Waals surface area contributed by atoms with Crippen molar-refractivity contribution in [1.29, 1.82) is 0 Å². The second-order valence-corrected chi connectivity index (χ2v) is 3.04. The molecule has 0 amide bonds. The number of rotatable bonds is 2. The van der Waals surface area contributed by atoms with Crippen molar-refractivity contribution in [3.8, 4) is 0 Å². The van der Waals surface area contributed by atoms with Gasteiger partial charge in [-0.2, -0.15) is 0 Å². The molecule has 13 heteroatoms. The maximum atomic E-state index is 6.75. The fourth-order valence-electron chi connectivity index (χ4n) is 0.770. The van der Waals surface area contributed by atoms with Gasteiger partial charge in [0.1, 0.15) is 0 Å². The highest BCUT2D eigenvalue weighted by Gasteiger charge is 1.96. The standard InChI is InChI=1S/C6H15N.4N3/c1-5(2)7-6(3)4;4*1-3-2/h5-7H,1-4H3;;;;/q;4*-1/p+1. The van der Waals surface area contributed by atoms with E-state index < -0.39 is 0 Å². The van der Waals surface area contributed by atoms with Crippen LogP contribution in [0.25, 0.3) is 63.9 Å². The minimum atomic E-state index is 0.750. The van der Waals surface area contributed by atoms with E-state index >= 15 is 0 Å². The number of hydrogen-bond donors (Lipinski definition) is 1. The van der Waals surface area contributed by atoms with Crippen LogP contribution in [-0.2, 0) is 0 Å². The zero-order valence-electron chi connectivity index (χ0n) is 11.1. The summed E-state index contributed by atoms with van der Waals surface area (Å²) in [5.74, 6) is 0. The van der Waals surface area contributed by atoms with Crippen LogP contribution in [0.3, 0.4) is 0 Å². The Bertz CT molecular complexity index is 226. The molecule has 0 aromatic carbocycles. The summed E-state index contributed by atoms with van der Waals surface area (Å²) in [7, 11) is 0. The van der Waals surface area contributed by atoms with Gasteiger partial charge in [-0.3, -0.25) is 19.6 Å². The Morgan fingerprint density at radius 3 is 0.632 bits per heavy atom. The maximum absolute atomic E-state index is 6.75. The lowest BCUT2D eigenvalue weighted by molar-refractivity contribution is -0.709. The summed E-state index contributed by atoms with van der Waals surface area (Å²) >= 11 is 0. The van der Waals surface area contributed by atoms with Crippen molar-refractivity contribution in [2.24, 2.45) is 0 Å². The van der Waals surface area contributed by atoms with Crippen molar-refractivity contribution in [3.05, 3.63) is 63.9 Å². The van der Waals surface area contributed by atoms with Crippen molar-refractivity contribution in [2.45, 2.75) is 39.8 Å². The molecule has 0 aliphatic carbocycles. The molecule has 0 rings (SSSR count). The number of nitrogens with two attached hydrogens (primary N) is 1. The summed E-state index contributed by atoms with van der Waals surface area (Å²) in [6.45, 7) is 8.83.